The highest BCUT2D eigenvalue weighted by Crippen LogP contribution is 2.48. The molecule has 7 heteroatoms. The van der Waals surface area contributed by atoms with E-state index in [9.17, 15) is 8.42 Å². The molecule has 152 valence electrons. The number of hydrogen-bond acceptors (Lipinski definition) is 4. The largest absolute Gasteiger partial charge is 0.248 e. The van der Waals surface area contributed by atoms with Crippen LogP contribution in [0.4, 0.5) is 5.00 Å². The molecule has 0 unspecified atom stereocenters. The van der Waals surface area contributed by atoms with Gasteiger partial charge in [-0.3, -0.25) is 0 Å². The van der Waals surface area contributed by atoms with Gasteiger partial charge in [-0.2, -0.15) is 11.3 Å². The molecule has 3 aromatic heterocycles. The van der Waals surface area contributed by atoms with Gasteiger partial charge in [0.25, 0.3) is 0 Å². The fourth-order valence-electron chi connectivity index (χ4n) is 4.48. The SMILES string of the molecule is [C-]#[N+]c1sccc1-c1c(-c2cccs2)n(S(=O)(=O)C2CCCCC2)c2ccccc12. The predicted octanol–water partition coefficient (Wildman–Crippen LogP) is 7.16. The number of thiophene rings is 2. The number of hydrogen-bond donors (Lipinski definition) is 0. The molecule has 1 aliphatic carbocycles. The van der Waals surface area contributed by atoms with Gasteiger partial charge in [0.2, 0.25) is 15.0 Å². The van der Waals surface area contributed by atoms with Crippen LogP contribution in [0, 0.1) is 6.57 Å². The molecule has 4 nitrogen and oxygen atoms in total. The third kappa shape index (κ3) is 3.02. The summed E-state index contributed by atoms with van der Waals surface area (Å²) in [4.78, 5) is 4.62. The maximum atomic E-state index is 14.0. The van der Waals surface area contributed by atoms with Crippen LogP contribution in [0.25, 0.3) is 37.4 Å². The molecular formula is C23H20N2O2S3. The predicted molar refractivity (Wildman–Crippen MR) is 126 cm³/mol. The number of aromatic nitrogens is 1. The van der Waals surface area contributed by atoms with Crippen LogP contribution in [0.5, 0.6) is 0 Å². The van der Waals surface area contributed by atoms with Gasteiger partial charge in [-0.25, -0.2) is 17.2 Å². The maximum absolute atomic E-state index is 14.0. The highest BCUT2D eigenvalue weighted by Gasteiger charge is 2.34. The average Bonchev–Trinajstić information content (AvgIpc) is 3.51. The van der Waals surface area contributed by atoms with Crippen LogP contribution in [0.2, 0.25) is 0 Å². The Balaban J connectivity index is 1.90. The van der Waals surface area contributed by atoms with E-state index in [1.165, 1.54) is 22.7 Å². The van der Waals surface area contributed by atoms with E-state index in [0.717, 1.165) is 40.7 Å². The van der Waals surface area contributed by atoms with Crippen molar-refractivity contribution in [1.82, 2.24) is 3.97 Å². The van der Waals surface area contributed by atoms with Crippen LogP contribution in [-0.2, 0) is 10.0 Å². The molecule has 1 saturated carbocycles. The fourth-order valence-corrected chi connectivity index (χ4v) is 8.09. The van der Waals surface area contributed by atoms with E-state index in [1.54, 1.807) is 3.97 Å². The molecule has 3 heterocycles. The zero-order valence-corrected chi connectivity index (χ0v) is 18.7. The van der Waals surface area contributed by atoms with Crippen molar-refractivity contribution in [3.05, 3.63) is 64.6 Å². The van der Waals surface area contributed by atoms with Crippen molar-refractivity contribution in [2.75, 3.05) is 0 Å². The van der Waals surface area contributed by atoms with E-state index in [2.05, 4.69) is 4.85 Å². The molecule has 4 aromatic rings. The van der Waals surface area contributed by atoms with Crippen LogP contribution in [0.15, 0.2) is 53.2 Å². The summed E-state index contributed by atoms with van der Waals surface area (Å²) in [5.41, 5.74) is 3.05. The van der Waals surface area contributed by atoms with Gasteiger partial charge in [-0.1, -0.05) is 49.6 Å². The summed E-state index contributed by atoms with van der Waals surface area (Å²) in [7, 11) is -3.59. The van der Waals surface area contributed by atoms with Crippen LogP contribution < -0.4 is 0 Å². The number of para-hydroxylation sites is 1. The minimum Gasteiger partial charge on any atom is -0.236 e. The minimum atomic E-state index is -3.59. The number of fused-ring (bicyclic) bond motifs is 1. The van der Waals surface area contributed by atoms with E-state index in [0.29, 0.717) is 29.1 Å². The topological polar surface area (TPSA) is 43.4 Å². The summed E-state index contributed by atoms with van der Waals surface area (Å²) in [5.74, 6) is 0. The van der Waals surface area contributed by atoms with Gasteiger partial charge >= 0.3 is 0 Å². The first kappa shape index (κ1) is 19.6. The molecule has 0 N–H and O–H groups in total. The summed E-state index contributed by atoms with van der Waals surface area (Å²) in [6.07, 6.45) is 4.43. The second kappa shape index (κ2) is 7.69. The molecule has 5 rings (SSSR count). The van der Waals surface area contributed by atoms with Gasteiger partial charge in [0.1, 0.15) is 0 Å². The smallest absolute Gasteiger partial charge is 0.236 e. The summed E-state index contributed by atoms with van der Waals surface area (Å²) in [5, 5.41) is 4.98. The van der Waals surface area contributed by atoms with Crippen molar-refractivity contribution in [2.24, 2.45) is 0 Å². The van der Waals surface area contributed by atoms with E-state index >= 15 is 0 Å². The summed E-state index contributed by atoms with van der Waals surface area (Å²) < 4.78 is 29.5. The van der Waals surface area contributed by atoms with Gasteiger partial charge in [-0.15, -0.1) is 11.3 Å². The van der Waals surface area contributed by atoms with E-state index in [-0.39, 0.29) is 5.25 Å². The van der Waals surface area contributed by atoms with Crippen LogP contribution in [0.1, 0.15) is 32.1 Å². The summed E-state index contributed by atoms with van der Waals surface area (Å²) in [6, 6.07) is 13.5. The van der Waals surface area contributed by atoms with Crippen LogP contribution in [-0.4, -0.2) is 17.6 Å². The Morgan fingerprint density at radius 3 is 2.50 bits per heavy atom. The quantitative estimate of drug-likeness (QED) is 0.308. The molecular weight excluding hydrogens is 432 g/mol. The van der Waals surface area contributed by atoms with Crippen molar-refractivity contribution >= 4 is 48.6 Å². The first-order valence-corrected chi connectivity index (χ1v) is 13.3. The second-order valence-corrected chi connectivity index (χ2v) is 11.4. The molecule has 0 spiro atoms. The van der Waals surface area contributed by atoms with Crippen molar-refractivity contribution in [3.63, 3.8) is 0 Å². The normalized spacial score (nSPS) is 15.4. The van der Waals surface area contributed by atoms with Gasteiger partial charge in [0.15, 0.2) is 0 Å². The van der Waals surface area contributed by atoms with E-state index in [1.807, 2.05) is 53.2 Å². The number of rotatable bonds is 4. The van der Waals surface area contributed by atoms with E-state index in [4.69, 9.17) is 6.57 Å². The molecule has 1 aromatic carbocycles. The first-order valence-electron chi connectivity index (χ1n) is 10.00. The molecule has 1 fully saturated rings. The summed E-state index contributed by atoms with van der Waals surface area (Å²) in [6.45, 7) is 7.61. The highest BCUT2D eigenvalue weighted by molar-refractivity contribution is 7.90. The Kier molecular flexibility index (Phi) is 5.02. The third-order valence-electron chi connectivity index (χ3n) is 5.83. The first-order chi connectivity index (χ1) is 14.6. The molecule has 0 bridgehead atoms. The molecule has 0 radical (unpaired) electrons. The second-order valence-electron chi connectivity index (χ2n) is 7.54. The Hall–Kier alpha value is -2.40. The van der Waals surface area contributed by atoms with Crippen molar-refractivity contribution < 1.29 is 8.42 Å². The Morgan fingerprint density at radius 2 is 1.77 bits per heavy atom. The Bertz CT molecular complexity index is 1350. The molecule has 0 amide bonds. The summed E-state index contributed by atoms with van der Waals surface area (Å²) >= 11 is 2.93. The third-order valence-corrected chi connectivity index (χ3v) is 9.72. The monoisotopic (exact) mass is 452 g/mol. The number of nitrogens with zero attached hydrogens (tertiary/aromatic N) is 2. The lowest BCUT2D eigenvalue weighted by atomic mass is 10.0. The van der Waals surface area contributed by atoms with Gasteiger partial charge in [-0.05, 0) is 35.7 Å². The average molecular weight is 453 g/mol. The molecule has 0 saturated heterocycles. The minimum absolute atomic E-state index is 0.364. The Morgan fingerprint density at radius 1 is 0.967 bits per heavy atom. The standard InChI is InChI=1S/C23H20N2O2S3/c1-24-23-18(13-15-29-23)21-17-10-5-6-11-19(17)25(22(21)20-12-7-14-28-20)30(26,27)16-8-3-2-4-9-16/h5-7,10-16H,2-4,8-9H2. The van der Waals surface area contributed by atoms with Gasteiger partial charge in [0, 0.05) is 16.5 Å². The van der Waals surface area contributed by atoms with Crippen LogP contribution in [0.3, 0.4) is 0 Å². The lowest BCUT2D eigenvalue weighted by Crippen LogP contribution is -2.29. The number of benzene rings is 1. The van der Waals surface area contributed by atoms with E-state index < -0.39 is 10.0 Å². The Labute approximate surface area is 184 Å². The highest BCUT2D eigenvalue weighted by atomic mass is 32.2. The molecule has 0 aliphatic heterocycles. The fraction of sp³-hybridized carbons (Fsp3) is 0.261. The van der Waals surface area contributed by atoms with Crippen molar-refractivity contribution in [1.29, 1.82) is 0 Å². The van der Waals surface area contributed by atoms with Gasteiger partial charge < -0.3 is 0 Å². The zero-order chi connectivity index (χ0) is 20.7. The lowest BCUT2D eigenvalue weighted by Gasteiger charge is -2.24. The molecule has 30 heavy (non-hydrogen) atoms. The lowest BCUT2D eigenvalue weighted by molar-refractivity contribution is 0.480. The van der Waals surface area contributed by atoms with Gasteiger partial charge in [0.05, 0.1) is 27.9 Å². The van der Waals surface area contributed by atoms with Crippen molar-refractivity contribution in [2.45, 2.75) is 37.4 Å². The van der Waals surface area contributed by atoms with Crippen molar-refractivity contribution in [3.8, 4) is 21.7 Å². The maximum Gasteiger partial charge on any atom is 0.248 e. The molecule has 0 atom stereocenters. The van der Waals surface area contributed by atoms with Crippen LogP contribution >= 0.6 is 22.7 Å². The molecule has 1 aliphatic rings. The zero-order valence-electron chi connectivity index (χ0n) is 16.2.